The van der Waals surface area contributed by atoms with Crippen molar-refractivity contribution < 1.29 is 4.79 Å². The van der Waals surface area contributed by atoms with E-state index >= 15 is 0 Å². The summed E-state index contributed by atoms with van der Waals surface area (Å²) in [6, 6.07) is 0. The molecule has 0 radical (unpaired) electrons. The van der Waals surface area contributed by atoms with Gasteiger partial charge in [-0.2, -0.15) is 0 Å². The van der Waals surface area contributed by atoms with Gasteiger partial charge in [-0.3, -0.25) is 0 Å². The molecule has 2 nitrogen and oxygen atoms in total. The summed E-state index contributed by atoms with van der Waals surface area (Å²) in [5.74, 6) is 1.67. The van der Waals surface area contributed by atoms with Crippen LogP contribution in [0.15, 0.2) is 12.2 Å². The minimum absolute atomic E-state index is 0.128. The predicted octanol–water partition coefficient (Wildman–Crippen LogP) is 1.51. The van der Waals surface area contributed by atoms with E-state index in [4.69, 9.17) is 5.73 Å². The molecule has 72 valence electrons. The first-order valence-corrected chi connectivity index (χ1v) is 5.04. The van der Waals surface area contributed by atoms with Crippen LogP contribution < -0.4 is 5.73 Å². The lowest BCUT2D eigenvalue weighted by Gasteiger charge is -2.51. The van der Waals surface area contributed by atoms with Crippen LogP contribution in [0.5, 0.6) is 0 Å². The van der Waals surface area contributed by atoms with Crippen LogP contribution in [0, 0.1) is 17.3 Å². The van der Waals surface area contributed by atoms with Gasteiger partial charge in [0.1, 0.15) is 5.78 Å². The fraction of sp³-hybridized carbons (Fsp3) is 0.727. The van der Waals surface area contributed by atoms with Crippen molar-refractivity contribution in [3.63, 3.8) is 0 Å². The molecule has 0 bridgehead atoms. The lowest BCUT2D eigenvalue weighted by Crippen LogP contribution is -2.51. The summed E-state index contributed by atoms with van der Waals surface area (Å²) in [5, 5.41) is 0. The fourth-order valence-electron chi connectivity index (χ4n) is 3.09. The Hall–Kier alpha value is -0.630. The van der Waals surface area contributed by atoms with Gasteiger partial charge in [-0.15, -0.1) is 0 Å². The summed E-state index contributed by atoms with van der Waals surface area (Å²) in [4.78, 5) is 11.1. The summed E-state index contributed by atoms with van der Waals surface area (Å²) in [6.45, 7) is 2.33. The third-order valence-corrected chi connectivity index (χ3v) is 3.67. The van der Waals surface area contributed by atoms with Gasteiger partial charge in [0, 0.05) is 6.42 Å². The molecule has 13 heavy (non-hydrogen) atoms. The molecule has 0 saturated heterocycles. The van der Waals surface area contributed by atoms with Gasteiger partial charge in [0.25, 0.3) is 0 Å². The van der Waals surface area contributed by atoms with Crippen LogP contribution in [0.1, 0.15) is 26.2 Å². The van der Waals surface area contributed by atoms with E-state index in [2.05, 4.69) is 12.2 Å². The van der Waals surface area contributed by atoms with Crippen molar-refractivity contribution in [3.8, 4) is 0 Å². The van der Waals surface area contributed by atoms with Crippen molar-refractivity contribution in [2.45, 2.75) is 26.2 Å². The normalized spacial score (nSPS) is 41.4. The molecule has 0 heterocycles. The van der Waals surface area contributed by atoms with Crippen molar-refractivity contribution in [1.29, 1.82) is 0 Å². The van der Waals surface area contributed by atoms with Gasteiger partial charge in [0.15, 0.2) is 0 Å². The number of Topliss-reactive ketones (excluding diaryl/α,β-unsaturated/α-hetero) is 1. The molecular weight excluding hydrogens is 162 g/mol. The van der Waals surface area contributed by atoms with Crippen LogP contribution in [-0.2, 0) is 4.79 Å². The number of hydrogen-bond donors (Lipinski definition) is 1. The first-order valence-electron chi connectivity index (χ1n) is 5.04. The maximum Gasteiger partial charge on any atom is 0.130 e. The second-order valence-corrected chi connectivity index (χ2v) is 4.60. The second kappa shape index (κ2) is 2.95. The van der Waals surface area contributed by atoms with Gasteiger partial charge in [-0.05, 0) is 43.6 Å². The van der Waals surface area contributed by atoms with E-state index < -0.39 is 0 Å². The SMILES string of the molecule is CC(=O)CC1(CN)CC2CC=CC21. The molecule has 3 unspecified atom stereocenters. The number of allylic oxidation sites excluding steroid dienone is 2. The topological polar surface area (TPSA) is 43.1 Å². The van der Waals surface area contributed by atoms with E-state index in [0.717, 1.165) is 12.3 Å². The van der Waals surface area contributed by atoms with Gasteiger partial charge in [-0.1, -0.05) is 12.2 Å². The van der Waals surface area contributed by atoms with Gasteiger partial charge < -0.3 is 10.5 Å². The van der Waals surface area contributed by atoms with Crippen molar-refractivity contribution in [2.24, 2.45) is 23.0 Å². The molecule has 1 fully saturated rings. The van der Waals surface area contributed by atoms with E-state index in [-0.39, 0.29) is 11.2 Å². The molecule has 1 saturated carbocycles. The molecule has 2 N–H and O–H groups in total. The summed E-state index contributed by atoms with van der Waals surface area (Å²) in [6.07, 6.45) is 7.54. The zero-order valence-corrected chi connectivity index (χ0v) is 8.12. The lowest BCUT2D eigenvalue weighted by molar-refractivity contribution is -0.123. The standard InChI is InChI=1S/C11H17NO/c1-8(13)5-11(7-12)6-9-3-2-4-10(9)11/h2,4,9-10H,3,5-7,12H2,1H3. The number of ketones is 1. The number of hydrogen-bond acceptors (Lipinski definition) is 2. The third kappa shape index (κ3) is 1.24. The molecule has 0 aromatic rings. The summed E-state index contributed by atoms with van der Waals surface area (Å²) in [5.41, 5.74) is 5.92. The van der Waals surface area contributed by atoms with Gasteiger partial charge in [0.05, 0.1) is 0 Å². The van der Waals surface area contributed by atoms with Gasteiger partial charge in [0.2, 0.25) is 0 Å². The van der Waals surface area contributed by atoms with E-state index in [1.807, 2.05) is 0 Å². The Balaban J connectivity index is 2.09. The molecule has 2 aliphatic carbocycles. The molecule has 0 amide bonds. The predicted molar refractivity (Wildman–Crippen MR) is 52.1 cm³/mol. The van der Waals surface area contributed by atoms with Crippen molar-refractivity contribution in [3.05, 3.63) is 12.2 Å². The molecule has 0 aliphatic heterocycles. The van der Waals surface area contributed by atoms with E-state index in [1.54, 1.807) is 6.92 Å². The van der Waals surface area contributed by atoms with Crippen LogP contribution in [-0.4, -0.2) is 12.3 Å². The number of rotatable bonds is 3. The molecular formula is C11H17NO. The Morgan fingerprint density at radius 3 is 3.00 bits per heavy atom. The lowest BCUT2D eigenvalue weighted by atomic mass is 9.53. The Bertz CT molecular complexity index is 259. The molecule has 0 aromatic carbocycles. The largest absolute Gasteiger partial charge is 0.330 e. The fourth-order valence-corrected chi connectivity index (χ4v) is 3.09. The Labute approximate surface area is 79.2 Å². The van der Waals surface area contributed by atoms with E-state index in [0.29, 0.717) is 18.9 Å². The third-order valence-electron chi connectivity index (χ3n) is 3.67. The van der Waals surface area contributed by atoms with Crippen LogP contribution in [0.3, 0.4) is 0 Å². The minimum Gasteiger partial charge on any atom is -0.330 e. The number of nitrogens with two attached hydrogens (primary N) is 1. The zero-order chi connectivity index (χ0) is 9.47. The summed E-state index contributed by atoms with van der Waals surface area (Å²) in [7, 11) is 0. The Morgan fingerprint density at radius 2 is 2.46 bits per heavy atom. The zero-order valence-electron chi connectivity index (χ0n) is 8.12. The molecule has 2 rings (SSSR count). The minimum atomic E-state index is 0.128. The van der Waals surface area contributed by atoms with Crippen molar-refractivity contribution in [1.82, 2.24) is 0 Å². The maximum absolute atomic E-state index is 11.1. The van der Waals surface area contributed by atoms with Crippen molar-refractivity contribution in [2.75, 3.05) is 6.54 Å². The molecule has 0 spiro atoms. The molecule has 2 aliphatic rings. The number of carbonyl (C=O) groups is 1. The highest BCUT2D eigenvalue weighted by Crippen LogP contribution is 2.57. The second-order valence-electron chi connectivity index (χ2n) is 4.60. The van der Waals surface area contributed by atoms with Crippen LogP contribution in [0.4, 0.5) is 0 Å². The Kier molecular flexibility index (Phi) is 2.03. The first-order chi connectivity index (χ1) is 6.18. The average molecular weight is 179 g/mol. The molecule has 2 heteroatoms. The number of carbonyl (C=O) groups excluding carboxylic acids is 1. The van der Waals surface area contributed by atoms with Gasteiger partial charge >= 0.3 is 0 Å². The highest BCUT2D eigenvalue weighted by atomic mass is 16.1. The first kappa shape index (κ1) is 8.95. The number of fused-ring (bicyclic) bond motifs is 1. The molecule has 0 aromatic heterocycles. The smallest absolute Gasteiger partial charge is 0.130 e. The van der Waals surface area contributed by atoms with Crippen LogP contribution >= 0.6 is 0 Å². The van der Waals surface area contributed by atoms with Crippen LogP contribution in [0.2, 0.25) is 0 Å². The highest BCUT2D eigenvalue weighted by Gasteiger charge is 2.52. The van der Waals surface area contributed by atoms with E-state index in [9.17, 15) is 4.79 Å². The van der Waals surface area contributed by atoms with Gasteiger partial charge in [-0.25, -0.2) is 0 Å². The summed E-state index contributed by atoms with van der Waals surface area (Å²) >= 11 is 0. The summed E-state index contributed by atoms with van der Waals surface area (Å²) < 4.78 is 0. The highest BCUT2D eigenvalue weighted by molar-refractivity contribution is 5.76. The molecule has 3 atom stereocenters. The van der Waals surface area contributed by atoms with E-state index in [1.165, 1.54) is 6.42 Å². The Morgan fingerprint density at radius 1 is 1.69 bits per heavy atom. The van der Waals surface area contributed by atoms with Crippen LogP contribution in [0.25, 0.3) is 0 Å². The average Bonchev–Trinajstić information content (AvgIpc) is 2.43. The monoisotopic (exact) mass is 179 g/mol. The maximum atomic E-state index is 11.1. The quantitative estimate of drug-likeness (QED) is 0.667. The van der Waals surface area contributed by atoms with Crippen molar-refractivity contribution >= 4 is 5.78 Å².